The molecular weight excluding hydrogens is 343 g/mol. The van der Waals surface area contributed by atoms with Gasteiger partial charge in [0.25, 0.3) is 0 Å². The highest BCUT2D eigenvalue weighted by Gasteiger charge is 2.30. The van der Waals surface area contributed by atoms with Crippen molar-refractivity contribution in [2.45, 2.75) is 25.7 Å². The molecule has 0 aliphatic rings. The summed E-state index contributed by atoms with van der Waals surface area (Å²) in [5.41, 5.74) is 0.167. The third kappa shape index (κ3) is 6.39. The van der Waals surface area contributed by atoms with Gasteiger partial charge in [-0.15, -0.1) is 12.4 Å². The molecule has 0 bridgehead atoms. The quantitative estimate of drug-likeness (QED) is 0.801. The van der Waals surface area contributed by atoms with Crippen LogP contribution in [-0.4, -0.2) is 17.8 Å². The highest BCUT2D eigenvalue weighted by Crippen LogP contribution is 2.32. The molecular formula is C17H19ClF3NO2. The van der Waals surface area contributed by atoms with Crippen molar-refractivity contribution in [2.75, 3.05) is 6.54 Å². The average molecular weight is 362 g/mol. The highest BCUT2D eigenvalue weighted by atomic mass is 35.5. The summed E-state index contributed by atoms with van der Waals surface area (Å²) in [6.45, 7) is 2.67. The minimum absolute atomic E-state index is 0. The summed E-state index contributed by atoms with van der Waals surface area (Å²) in [6, 6.07) is 11.8. The van der Waals surface area contributed by atoms with E-state index < -0.39 is 17.8 Å². The Morgan fingerprint density at radius 1 is 1.08 bits per heavy atom. The zero-order valence-electron chi connectivity index (χ0n) is 13.0. The minimum Gasteiger partial charge on any atom is -0.457 e. The van der Waals surface area contributed by atoms with Gasteiger partial charge in [-0.2, -0.15) is 13.2 Å². The van der Waals surface area contributed by atoms with Gasteiger partial charge in [0, 0.05) is 13.1 Å². The zero-order chi connectivity index (χ0) is 16.9. The van der Waals surface area contributed by atoms with Crippen LogP contribution in [0.15, 0.2) is 48.5 Å². The van der Waals surface area contributed by atoms with Gasteiger partial charge >= 0.3 is 6.18 Å². The third-order valence-corrected chi connectivity index (χ3v) is 3.06. The highest BCUT2D eigenvalue weighted by molar-refractivity contribution is 5.85. The van der Waals surface area contributed by atoms with Crippen LogP contribution in [0, 0.1) is 0 Å². The van der Waals surface area contributed by atoms with Crippen LogP contribution in [0.25, 0.3) is 0 Å². The van der Waals surface area contributed by atoms with Gasteiger partial charge in [0.1, 0.15) is 11.5 Å². The Hall–Kier alpha value is -1.76. The topological polar surface area (TPSA) is 41.5 Å². The van der Waals surface area contributed by atoms with Crippen LogP contribution in [0.4, 0.5) is 13.2 Å². The molecule has 2 rings (SSSR count). The van der Waals surface area contributed by atoms with Crippen LogP contribution < -0.4 is 10.1 Å². The number of nitrogens with one attached hydrogen (secondary N) is 1. The maximum absolute atomic E-state index is 12.7. The second kappa shape index (κ2) is 8.92. The van der Waals surface area contributed by atoms with Gasteiger partial charge < -0.3 is 15.2 Å². The van der Waals surface area contributed by atoms with E-state index >= 15 is 0 Å². The summed E-state index contributed by atoms with van der Waals surface area (Å²) in [7, 11) is 0. The molecule has 0 saturated heterocycles. The van der Waals surface area contributed by atoms with Crippen LogP contribution in [0.5, 0.6) is 11.5 Å². The van der Waals surface area contributed by atoms with E-state index in [1.165, 1.54) is 12.1 Å². The smallest absolute Gasteiger partial charge is 0.416 e. The van der Waals surface area contributed by atoms with Gasteiger partial charge in [-0.1, -0.05) is 18.2 Å². The van der Waals surface area contributed by atoms with Gasteiger partial charge in [0.05, 0.1) is 11.7 Å². The Morgan fingerprint density at radius 3 is 2.33 bits per heavy atom. The summed E-state index contributed by atoms with van der Waals surface area (Å²) in [5, 5.41) is 12.3. The molecule has 24 heavy (non-hydrogen) atoms. The fraction of sp³-hybridized carbons (Fsp3) is 0.294. The molecule has 2 N–H and O–H groups in total. The van der Waals surface area contributed by atoms with Crippen molar-refractivity contribution >= 4 is 12.4 Å². The van der Waals surface area contributed by atoms with Gasteiger partial charge in [0.15, 0.2) is 0 Å². The number of aliphatic hydroxyl groups is 1. The van der Waals surface area contributed by atoms with Crippen LogP contribution in [0.1, 0.15) is 18.1 Å². The largest absolute Gasteiger partial charge is 0.457 e. The molecule has 1 atom stereocenters. The summed E-state index contributed by atoms with van der Waals surface area (Å²) in [6.07, 6.45) is -4.84. The van der Waals surface area contributed by atoms with Crippen molar-refractivity contribution in [3.8, 4) is 11.5 Å². The predicted molar refractivity (Wildman–Crippen MR) is 88.6 cm³/mol. The van der Waals surface area contributed by atoms with E-state index in [2.05, 4.69) is 5.32 Å². The zero-order valence-corrected chi connectivity index (χ0v) is 13.8. The number of hydrogen-bond donors (Lipinski definition) is 2. The molecule has 1 unspecified atom stereocenters. The van der Waals surface area contributed by atoms with Gasteiger partial charge in [-0.3, -0.25) is 0 Å². The first-order valence-electron chi connectivity index (χ1n) is 7.17. The first-order valence-corrected chi connectivity index (χ1v) is 7.17. The van der Waals surface area contributed by atoms with Crippen molar-refractivity contribution < 1.29 is 23.0 Å². The van der Waals surface area contributed by atoms with Crippen molar-refractivity contribution in [1.29, 1.82) is 0 Å². The lowest BCUT2D eigenvalue weighted by molar-refractivity contribution is -0.137. The first kappa shape index (κ1) is 20.3. The summed E-state index contributed by atoms with van der Waals surface area (Å²) < 4.78 is 43.6. The SMILES string of the molecule is CC(O)CNCc1cccc(Oc2cccc(C(F)(F)F)c2)c1.Cl. The Bertz CT molecular complexity index is 648. The molecule has 2 aromatic rings. The second-order valence-electron chi connectivity index (χ2n) is 5.25. The minimum atomic E-state index is -4.40. The molecule has 0 heterocycles. The fourth-order valence-electron chi connectivity index (χ4n) is 2.02. The molecule has 0 radical (unpaired) electrons. The summed E-state index contributed by atoms with van der Waals surface area (Å²) >= 11 is 0. The standard InChI is InChI=1S/C17H18F3NO2.ClH/c1-12(22)10-21-11-13-4-2-6-15(8-13)23-16-7-3-5-14(9-16)17(18,19)20;/h2-9,12,21-22H,10-11H2,1H3;1H. The number of benzene rings is 2. The predicted octanol–water partition coefficient (Wildman–Crippen LogP) is 4.39. The fourth-order valence-corrected chi connectivity index (χ4v) is 2.02. The van der Waals surface area contributed by atoms with E-state index in [1.54, 1.807) is 25.1 Å². The van der Waals surface area contributed by atoms with Crippen molar-refractivity contribution in [2.24, 2.45) is 0 Å². The normalized spacial score (nSPS) is 12.4. The monoisotopic (exact) mass is 361 g/mol. The maximum Gasteiger partial charge on any atom is 0.416 e. The Labute approximate surface area is 144 Å². The van der Waals surface area contributed by atoms with E-state index in [1.807, 2.05) is 6.07 Å². The molecule has 0 spiro atoms. The van der Waals surface area contributed by atoms with E-state index in [0.717, 1.165) is 17.7 Å². The lowest BCUT2D eigenvalue weighted by Crippen LogP contribution is -2.23. The van der Waals surface area contributed by atoms with E-state index in [-0.39, 0.29) is 18.2 Å². The molecule has 2 aromatic carbocycles. The van der Waals surface area contributed by atoms with Crippen LogP contribution in [-0.2, 0) is 12.7 Å². The third-order valence-electron chi connectivity index (χ3n) is 3.06. The van der Waals surface area contributed by atoms with Crippen LogP contribution in [0.2, 0.25) is 0 Å². The molecule has 132 valence electrons. The van der Waals surface area contributed by atoms with E-state index in [9.17, 15) is 18.3 Å². The van der Waals surface area contributed by atoms with E-state index in [4.69, 9.17) is 4.74 Å². The molecule has 0 aromatic heterocycles. The van der Waals surface area contributed by atoms with Gasteiger partial charge in [0.2, 0.25) is 0 Å². The Kier molecular flexibility index (Phi) is 7.54. The van der Waals surface area contributed by atoms with Crippen LogP contribution >= 0.6 is 12.4 Å². The lowest BCUT2D eigenvalue weighted by Gasteiger charge is -2.11. The molecule has 7 heteroatoms. The van der Waals surface area contributed by atoms with Gasteiger partial charge in [-0.25, -0.2) is 0 Å². The van der Waals surface area contributed by atoms with Crippen molar-refractivity contribution in [3.05, 3.63) is 59.7 Å². The molecule has 0 aliphatic carbocycles. The Morgan fingerprint density at radius 2 is 1.71 bits per heavy atom. The number of ether oxygens (including phenoxy) is 1. The molecule has 0 amide bonds. The first-order chi connectivity index (χ1) is 10.8. The molecule has 0 saturated carbocycles. The Balaban J connectivity index is 0.00000288. The molecule has 0 fully saturated rings. The lowest BCUT2D eigenvalue weighted by atomic mass is 10.2. The molecule has 3 nitrogen and oxygen atoms in total. The summed E-state index contributed by atoms with van der Waals surface area (Å²) in [5.74, 6) is 0.592. The number of hydrogen-bond acceptors (Lipinski definition) is 3. The number of aliphatic hydroxyl groups excluding tert-OH is 1. The van der Waals surface area contributed by atoms with Gasteiger partial charge in [-0.05, 0) is 42.8 Å². The van der Waals surface area contributed by atoms with E-state index in [0.29, 0.717) is 18.8 Å². The van der Waals surface area contributed by atoms with Crippen LogP contribution in [0.3, 0.4) is 0 Å². The molecule has 0 aliphatic heterocycles. The summed E-state index contributed by atoms with van der Waals surface area (Å²) in [4.78, 5) is 0. The number of halogens is 4. The number of alkyl halides is 3. The maximum atomic E-state index is 12.7. The van der Waals surface area contributed by atoms with Crippen molar-refractivity contribution in [3.63, 3.8) is 0 Å². The second-order valence-corrected chi connectivity index (χ2v) is 5.25. The average Bonchev–Trinajstić information content (AvgIpc) is 2.47. The number of rotatable bonds is 6. The van der Waals surface area contributed by atoms with Crippen molar-refractivity contribution in [1.82, 2.24) is 5.32 Å².